The van der Waals surface area contributed by atoms with Crippen LogP contribution in [0, 0.1) is 11.6 Å². The first kappa shape index (κ1) is 9.35. The molecule has 1 rings (SSSR count). The lowest BCUT2D eigenvalue weighted by atomic mass is 10.3. The molecule has 0 bridgehead atoms. The fourth-order valence-corrected chi connectivity index (χ4v) is 0.815. The molecule has 1 aromatic rings. The highest BCUT2D eigenvalue weighted by Crippen LogP contribution is 2.18. The number of halogens is 3. The first-order valence-corrected chi connectivity index (χ1v) is 3.70. The molecule has 0 saturated heterocycles. The molecule has 0 atom stereocenters. The zero-order chi connectivity index (χ0) is 9.14. The van der Waals surface area contributed by atoms with E-state index in [1.54, 1.807) is 0 Å². The summed E-state index contributed by atoms with van der Waals surface area (Å²) in [5.74, 6) is -1.63. The Morgan fingerprint density at radius 2 is 2.08 bits per heavy atom. The number of hydrogen-bond acceptors (Lipinski definition) is 2. The van der Waals surface area contributed by atoms with Crippen LogP contribution in [0.2, 0.25) is 0 Å². The fourth-order valence-electron chi connectivity index (χ4n) is 0.642. The Bertz CT molecular complexity index is 316. The number of ether oxygens (including phenoxy) is 1. The summed E-state index contributed by atoms with van der Waals surface area (Å²) in [4.78, 5) is 0. The van der Waals surface area contributed by atoms with E-state index in [4.69, 9.17) is 11.6 Å². The Hall–Kier alpha value is -0.740. The maximum absolute atomic E-state index is 12.7. The first-order valence-electron chi connectivity index (χ1n) is 2.92. The molecule has 0 aliphatic carbocycles. The smallest absolute Gasteiger partial charge is 0.261 e. The van der Waals surface area contributed by atoms with Crippen LogP contribution < -0.4 is 4.74 Å². The molecule has 0 heterocycles. The SMILES string of the molecule is Fc1ccc(F)c(OC(=S)Cl)c1. The van der Waals surface area contributed by atoms with Gasteiger partial charge in [0.2, 0.25) is 0 Å². The molecule has 5 heteroatoms. The molecular formula is C7H3ClF2OS. The number of hydrogen-bond donors (Lipinski definition) is 0. The summed E-state index contributed by atoms with van der Waals surface area (Å²) in [6, 6.07) is 2.77. The minimum Gasteiger partial charge on any atom is -0.433 e. The van der Waals surface area contributed by atoms with E-state index in [-0.39, 0.29) is 10.3 Å². The van der Waals surface area contributed by atoms with Crippen molar-refractivity contribution in [3.05, 3.63) is 29.8 Å². The van der Waals surface area contributed by atoms with Gasteiger partial charge in [-0.1, -0.05) is 0 Å². The zero-order valence-electron chi connectivity index (χ0n) is 5.68. The summed E-state index contributed by atoms with van der Waals surface area (Å²) in [5.41, 5.74) is 0. The minimum atomic E-state index is -0.709. The summed E-state index contributed by atoms with van der Waals surface area (Å²) >= 11 is 9.49. The van der Waals surface area contributed by atoms with E-state index in [2.05, 4.69) is 17.0 Å². The van der Waals surface area contributed by atoms with E-state index in [1.807, 2.05) is 0 Å². The molecule has 0 fully saturated rings. The highest BCUT2D eigenvalue weighted by Gasteiger charge is 2.05. The standard InChI is InChI=1S/C7H3ClF2OS/c8-7(12)11-6-3-4(9)1-2-5(6)10/h1-3H. The molecular weight excluding hydrogens is 206 g/mol. The third-order valence-electron chi connectivity index (χ3n) is 1.08. The minimum absolute atomic E-state index is 0.310. The van der Waals surface area contributed by atoms with Crippen LogP contribution in [0.5, 0.6) is 5.75 Å². The van der Waals surface area contributed by atoms with Gasteiger partial charge in [0.1, 0.15) is 5.82 Å². The van der Waals surface area contributed by atoms with Crippen LogP contribution in [-0.4, -0.2) is 4.51 Å². The normalized spacial score (nSPS) is 9.58. The van der Waals surface area contributed by atoms with Gasteiger partial charge in [0.15, 0.2) is 11.6 Å². The van der Waals surface area contributed by atoms with E-state index in [0.29, 0.717) is 0 Å². The Morgan fingerprint density at radius 1 is 1.42 bits per heavy atom. The van der Waals surface area contributed by atoms with Crippen molar-refractivity contribution in [1.29, 1.82) is 0 Å². The second-order valence-corrected chi connectivity index (χ2v) is 2.85. The largest absolute Gasteiger partial charge is 0.433 e. The predicted octanol–water partition coefficient (Wildman–Crippen LogP) is 2.87. The highest BCUT2D eigenvalue weighted by atomic mass is 35.5. The van der Waals surface area contributed by atoms with E-state index >= 15 is 0 Å². The van der Waals surface area contributed by atoms with Crippen molar-refractivity contribution in [3.63, 3.8) is 0 Å². The van der Waals surface area contributed by atoms with E-state index in [9.17, 15) is 8.78 Å². The third-order valence-corrected chi connectivity index (χ3v) is 1.24. The number of rotatable bonds is 1. The van der Waals surface area contributed by atoms with Crippen LogP contribution >= 0.6 is 23.8 Å². The van der Waals surface area contributed by atoms with Crippen molar-refractivity contribution in [3.8, 4) is 5.75 Å². The summed E-state index contributed by atoms with van der Waals surface area (Å²) in [6.07, 6.45) is 0. The Labute approximate surface area is 77.9 Å². The molecule has 0 N–H and O–H groups in total. The molecule has 0 unspecified atom stereocenters. The zero-order valence-corrected chi connectivity index (χ0v) is 7.25. The molecule has 0 saturated carbocycles. The molecule has 12 heavy (non-hydrogen) atoms. The lowest BCUT2D eigenvalue weighted by Gasteiger charge is -2.01. The molecule has 0 aliphatic rings. The number of benzene rings is 1. The van der Waals surface area contributed by atoms with Gasteiger partial charge in [0.05, 0.1) is 0 Å². The second kappa shape index (κ2) is 3.78. The lowest BCUT2D eigenvalue weighted by molar-refractivity contribution is 0.496. The maximum Gasteiger partial charge on any atom is 0.261 e. The Balaban J connectivity index is 2.97. The van der Waals surface area contributed by atoms with Gasteiger partial charge in [-0.3, -0.25) is 0 Å². The molecule has 64 valence electrons. The average Bonchev–Trinajstić information content (AvgIpc) is 1.96. The van der Waals surface area contributed by atoms with Gasteiger partial charge in [-0.25, -0.2) is 8.78 Å². The van der Waals surface area contributed by atoms with Crippen LogP contribution in [0.25, 0.3) is 0 Å². The van der Waals surface area contributed by atoms with E-state index in [0.717, 1.165) is 18.2 Å². The quantitative estimate of drug-likeness (QED) is 0.519. The first-order chi connectivity index (χ1) is 5.59. The van der Waals surface area contributed by atoms with E-state index < -0.39 is 11.6 Å². The molecule has 1 nitrogen and oxygen atoms in total. The molecule has 1 aromatic carbocycles. The second-order valence-electron chi connectivity index (χ2n) is 1.91. The van der Waals surface area contributed by atoms with Crippen LogP contribution in [0.1, 0.15) is 0 Å². The molecule has 0 spiro atoms. The van der Waals surface area contributed by atoms with Crippen LogP contribution in [-0.2, 0) is 0 Å². The van der Waals surface area contributed by atoms with Crippen molar-refractivity contribution in [1.82, 2.24) is 0 Å². The molecule has 0 aromatic heterocycles. The monoisotopic (exact) mass is 208 g/mol. The summed E-state index contributed by atoms with van der Waals surface area (Å²) in [7, 11) is 0. The fraction of sp³-hybridized carbons (Fsp3) is 0. The van der Waals surface area contributed by atoms with Crippen molar-refractivity contribution in [2.24, 2.45) is 0 Å². The Kier molecular flexibility index (Phi) is 2.94. The Morgan fingerprint density at radius 3 is 2.67 bits per heavy atom. The average molecular weight is 209 g/mol. The number of thiocarbonyl (C=S) groups is 1. The predicted molar refractivity (Wildman–Crippen MR) is 45.4 cm³/mol. The van der Waals surface area contributed by atoms with Crippen molar-refractivity contribution >= 4 is 28.3 Å². The highest BCUT2D eigenvalue weighted by molar-refractivity contribution is 7.82. The molecule has 0 radical (unpaired) electrons. The van der Waals surface area contributed by atoms with Crippen LogP contribution in [0.4, 0.5) is 8.78 Å². The third kappa shape index (κ3) is 2.39. The van der Waals surface area contributed by atoms with Crippen LogP contribution in [0.15, 0.2) is 18.2 Å². The van der Waals surface area contributed by atoms with Gasteiger partial charge in [0.25, 0.3) is 4.51 Å². The molecule has 0 aliphatic heterocycles. The van der Waals surface area contributed by atoms with Crippen molar-refractivity contribution < 1.29 is 13.5 Å². The van der Waals surface area contributed by atoms with Crippen molar-refractivity contribution in [2.45, 2.75) is 0 Å². The van der Waals surface area contributed by atoms with Gasteiger partial charge in [-0.2, -0.15) is 0 Å². The van der Waals surface area contributed by atoms with Crippen molar-refractivity contribution in [2.75, 3.05) is 0 Å². The summed E-state index contributed by atoms with van der Waals surface area (Å²) in [5, 5.41) is 0. The van der Waals surface area contributed by atoms with E-state index in [1.165, 1.54) is 0 Å². The molecule has 0 amide bonds. The van der Waals surface area contributed by atoms with Gasteiger partial charge in [-0.15, -0.1) is 0 Å². The van der Waals surface area contributed by atoms with Gasteiger partial charge >= 0.3 is 0 Å². The topological polar surface area (TPSA) is 9.23 Å². The lowest BCUT2D eigenvalue weighted by Crippen LogP contribution is -1.98. The summed E-state index contributed by atoms with van der Waals surface area (Å²) in [6.45, 7) is 0. The summed E-state index contributed by atoms with van der Waals surface area (Å²) < 4.78 is 29.3. The van der Waals surface area contributed by atoms with Crippen LogP contribution in [0.3, 0.4) is 0 Å². The maximum atomic E-state index is 12.7. The van der Waals surface area contributed by atoms with Gasteiger partial charge < -0.3 is 4.74 Å². The van der Waals surface area contributed by atoms with Gasteiger partial charge in [-0.05, 0) is 36.0 Å². The van der Waals surface area contributed by atoms with Gasteiger partial charge in [0, 0.05) is 6.07 Å².